The number of nitrogens with one attached hydrogen (secondary N) is 1. The van der Waals surface area contributed by atoms with E-state index in [2.05, 4.69) is 10.5 Å². The molecule has 3 aromatic rings. The van der Waals surface area contributed by atoms with Crippen molar-refractivity contribution < 1.29 is 22.7 Å². The third-order valence-electron chi connectivity index (χ3n) is 4.79. The van der Waals surface area contributed by atoms with Crippen LogP contribution in [-0.2, 0) is 21.4 Å². The topological polar surface area (TPSA) is 105 Å². The summed E-state index contributed by atoms with van der Waals surface area (Å²) < 4.78 is 31.0. The monoisotopic (exact) mass is 479 g/mol. The molecule has 0 aliphatic rings. The number of amides is 1. The Hall–Kier alpha value is -3.98. The van der Waals surface area contributed by atoms with Crippen molar-refractivity contribution in [1.82, 2.24) is 5.43 Å². The Balaban J connectivity index is 1.65. The first-order valence-electron chi connectivity index (χ1n) is 10.4. The largest absolute Gasteiger partial charge is 0.427 e. The Labute approximate surface area is 198 Å². The number of rotatable bonds is 8. The molecule has 0 saturated heterocycles. The number of ether oxygens (including phenoxy) is 1. The van der Waals surface area contributed by atoms with Crippen LogP contribution in [0.1, 0.15) is 34.0 Å². The van der Waals surface area contributed by atoms with Crippen molar-refractivity contribution >= 4 is 33.8 Å². The number of hydrazone groups is 1. The predicted molar refractivity (Wildman–Crippen MR) is 131 cm³/mol. The molecule has 0 heterocycles. The smallest absolute Gasteiger partial charge is 0.308 e. The molecule has 176 valence electrons. The molecule has 0 saturated carbocycles. The van der Waals surface area contributed by atoms with Crippen LogP contribution in [0.25, 0.3) is 0 Å². The van der Waals surface area contributed by atoms with E-state index in [0.717, 1.165) is 17.4 Å². The molecule has 8 nitrogen and oxygen atoms in total. The van der Waals surface area contributed by atoms with Gasteiger partial charge in [0.05, 0.1) is 24.7 Å². The first-order valence-corrected chi connectivity index (χ1v) is 12.2. The van der Waals surface area contributed by atoms with Crippen molar-refractivity contribution in [3.63, 3.8) is 0 Å². The number of sulfonamides is 1. The van der Waals surface area contributed by atoms with Gasteiger partial charge in [0.1, 0.15) is 5.75 Å². The van der Waals surface area contributed by atoms with E-state index < -0.39 is 21.9 Å². The van der Waals surface area contributed by atoms with Crippen LogP contribution in [-0.4, -0.2) is 32.8 Å². The van der Waals surface area contributed by atoms with Gasteiger partial charge >= 0.3 is 5.97 Å². The van der Waals surface area contributed by atoms with Gasteiger partial charge in [-0.3, -0.25) is 13.9 Å². The summed E-state index contributed by atoms with van der Waals surface area (Å²) in [5, 5.41) is 3.93. The molecule has 0 aliphatic heterocycles. The highest BCUT2D eigenvalue weighted by Crippen LogP contribution is 2.21. The number of aryl methyl sites for hydroxylation is 1. The van der Waals surface area contributed by atoms with E-state index in [1.54, 1.807) is 48.5 Å². The third kappa shape index (κ3) is 7.01. The summed E-state index contributed by atoms with van der Waals surface area (Å²) in [5.41, 5.74) is 5.86. The van der Waals surface area contributed by atoms with Crippen LogP contribution in [0.3, 0.4) is 0 Å². The Morgan fingerprint density at radius 2 is 1.59 bits per heavy atom. The van der Waals surface area contributed by atoms with Gasteiger partial charge in [-0.25, -0.2) is 13.8 Å². The molecule has 0 radical (unpaired) electrons. The second-order valence-corrected chi connectivity index (χ2v) is 9.57. The number of carbonyl (C=O) groups excluding carboxylic acids is 2. The summed E-state index contributed by atoms with van der Waals surface area (Å²) in [6.45, 7) is 3.47. The normalized spacial score (nSPS) is 11.3. The molecule has 1 amide bonds. The van der Waals surface area contributed by atoms with E-state index in [0.29, 0.717) is 22.6 Å². The molecular formula is C25H25N3O5S. The van der Waals surface area contributed by atoms with Gasteiger partial charge in [-0.15, -0.1) is 0 Å². The Morgan fingerprint density at radius 1 is 0.971 bits per heavy atom. The molecule has 0 fully saturated rings. The van der Waals surface area contributed by atoms with Crippen molar-refractivity contribution in [3.8, 4) is 5.75 Å². The summed E-state index contributed by atoms with van der Waals surface area (Å²) in [4.78, 5) is 23.3. The van der Waals surface area contributed by atoms with Gasteiger partial charge in [-0.1, -0.05) is 29.8 Å². The number of benzene rings is 3. The lowest BCUT2D eigenvalue weighted by molar-refractivity contribution is -0.131. The van der Waals surface area contributed by atoms with Gasteiger partial charge in [0.2, 0.25) is 10.0 Å². The summed E-state index contributed by atoms with van der Waals surface area (Å²) in [6, 6.07) is 20.5. The lowest BCUT2D eigenvalue weighted by Gasteiger charge is -2.22. The first-order chi connectivity index (χ1) is 16.1. The van der Waals surface area contributed by atoms with E-state index in [-0.39, 0.29) is 6.54 Å². The van der Waals surface area contributed by atoms with Crippen molar-refractivity contribution in [3.05, 3.63) is 95.1 Å². The lowest BCUT2D eigenvalue weighted by Crippen LogP contribution is -2.29. The molecule has 0 bridgehead atoms. The lowest BCUT2D eigenvalue weighted by atomic mass is 10.1. The standard InChI is InChI=1S/C25H25N3O5S/c1-18-4-6-21(7-5-18)17-28(34(3,31)32)23-12-10-22(11-13-23)25(30)27-26-16-20-8-14-24(15-9-20)33-19(2)29/h4-16H,17H2,1-3H3,(H,27,30)/b26-16-. The number of nitrogens with zero attached hydrogens (tertiary/aromatic N) is 2. The molecular weight excluding hydrogens is 454 g/mol. The van der Waals surface area contributed by atoms with E-state index in [9.17, 15) is 18.0 Å². The average molecular weight is 480 g/mol. The quantitative estimate of drug-likeness (QED) is 0.230. The van der Waals surface area contributed by atoms with Gasteiger partial charge in [0.15, 0.2) is 0 Å². The van der Waals surface area contributed by atoms with Crippen LogP contribution in [0.15, 0.2) is 77.9 Å². The van der Waals surface area contributed by atoms with Gasteiger partial charge < -0.3 is 4.74 Å². The predicted octanol–water partition coefficient (Wildman–Crippen LogP) is 3.65. The molecule has 3 rings (SSSR count). The van der Waals surface area contributed by atoms with Gasteiger partial charge in [-0.05, 0) is 66.6 Å². The minimum absolute atomic E-state index is 0.186. The molecule has 9 heteroatoms. The molecule has 34 heavy (non-hydrogen) atoms. The highest BCUT2D eigenvalue weighted by Gasteiger charge is 2.18. The Kier molecular flexibility index (Phi) is 7.80. The van der Waals surface area contributed by atoms with Crippen LogP contribution >= 0.6 is 0 Å². The fraction of sp³-hybridized carbons (Fsp3) is 0.160. The minimum Gasteiger partial charge on any atom is -0.427 e. The molecule has 0 spiro atoms. The minimum atomic E-state index is -3.53. The second-order valence-electron chi connectivity index (χ2n) is 7.66. The van der Waals surface area contributed by atoms with Crippen LogP contribution in [0, 0.1) is 6.92 Å². The number of carbonyl (C=O) groups is 2. The van der Waals surface area contributed by atoms with Crippen molar-refractivity contribution in [1.29, 1.82) is 0 Å². The molecule has 0 aromatic heterocycles. The van der Waals surface area contributed by atoms with E-state index >= 15 is 0 Å². The van der Waals surface area contributed by atoms with Crippen LogP contribution < -0.4 is 14.5 Å². The zero-order valence-electron chi connectivity index (χ0n) is 19.1. The summed E-state index contributed by atoms with van der Waals surface area (Å²) in [7, 11) is -3.53. The number of esters is 1. The highest BCUT2D eigenvalue weighted by atomic mass is 32.2. The summed E-state index contributed by atoms with van der Waals surface area (Å²) in [5.74, 6) is -0.433. The molecule has 0 unspecified atom stereocenters. The Morgan fingerprint density at radius 3 is 2.15 bits per heavy atom. The number of hydrogen-bond donors (Lipinski definition) is 1. The zero-order chi connectivity index (χ0) is 24.7. The van der Waals surface area contributed by atoms with Gasteiger partial charge in [-0.2, -0.15) is 5.10 Å². The van der Waals surface area contributed by atoms with Crippen LogP contribution in [0.2, 0.25) is 0 Å². The van der Waals surface area contributed by atoms with Crippen LogP contribution in [0.4, 0.5) is 5.69 Å². The fourth-order valence-corrected chi connectivity index (χ4v) is 3.94. The average Bonchev–Trinajstić information content (AvgIpc) is 2.79. The van der Waals surface area contributed by atoms with Gasteiger partial charge in [0, 0.05) is 12.5 Å². The van der Waals surface area contributed by atoms with E-state index in [1.165, 1.54) is 17.4 Å². The molecule has 0 atom stereocenters. The van der Waals surface area contributed by atoms with Crippen LogP contribution in [0.5, 0.6) is 5.75 Å². The maximum atomic E-state index is 12.4. The van der Waals surface area contributed by atoms with Crippen molar-refractivity contribution in [2.45, 2.75) is 20.4 Å². The Bertz CT molecular complexity index is 1280. The molecule has 3 aromatic carbocycles. The van der Waals surface area contributed by atoms with Crippen molar-refractivity contribution in [2.24, 2.45) is 5.10 Å². The molecule has 0 aliphatic carbocycles. The fourth-order valence-electron chi connectivity index (χ4n) is 3.06. The molecule has 1 N–H and O–H groups in total. The summed E-state index contributed by atoms with van der Waals surface area (Å²) >= 11 is 0. The summed E-state index contributed by atoms with van der Waals surface area (Å²) in [6.07, 6.45) is 2.60. The number of anilines is 1. The number of hydrogen-bond acceptors (Lipinski definition) is 6. The van der Waals surface area contributed by atoms with Crippen molar-refractivity contribution in [2.75, 3.05) is 10.6 Å². The highest BCUT2D eigenvalue weighted by molar-refractivity contribution is 7.92. The van der Waals surface area contributed by atoms with Gasteiger partial charge in [0.25, 0.3) is 5.91 Å². The maximum Gasteiger partial charge on any atom is 0.308 e. The SMILES string of the molecule is CC(=O)Oc1ccc(/C=N\NC(=O)c2ccc(N(Cc3ccc(C)cc3)S(C)(=O)=O)cc2)cc1. The third-order valence-corrected chi connectivity index (χ3v) is 5.93. The van der Waals surface area contributed by atoms with E-state index in [1.807, 2.05) is 31.2 Å². The first kappa shape index (κ1) is 24.7. The van der Waals surface area contributed by atoms with E-state index in [4.69, 9.17) is 4.74 Å². The maximum absolute atomic E-state index is 12.4. The zero-order valence-corrected chi connectivity index (χ0v) is 19.9. The second kappa shape index (κ2) is 10.8.